The number of para-hydroxylation sites is 2. The van der Waals surface area contributed by atoms with E-state index in [2.05, 4.69) is 10.1 Å². The van der Waals surface area contributed by atoms with Gasteiger partial charge in [0.2, 0.25) is 5.91 Å². The number of nitrogens with one attached hydrogen (secondary N) is 1. The number of alkyl halides is 2. The monoisotopic (exact) mass is 350 g/mol. The summed E-state index contributed by atoms with van der Waals surface area (Å²) in [6, 6.07) is 13.3. The number of anilines is 1. The van der Waals surface area contributed by atoms with Crippen molar-refractivity contribution in [2.24, 2.45) is 0 Å². The number of nitrogens with zero attached hydrogens (tertiary/aromatic N) is 1. The largest absolute Gasteiger partial charge is 0.433 e. The van der Waals surface area contributed by atoms with Gasteiger partial charge >= 0.3 is 6.61 Å². The molecule has 0 aliphatic carbocycles. The highest BCUT2D eigenvalue weighted by Gasteiger charge is 2.12. The summed E-state index contributed by atoms with van der Waals surface area (Å²) in [5.74, 6) is -0.445. The van der Waals surface area contributed by atoms with Gasteiger partial charge in [-0.1, -0.05) is 29.8 Å². The number of benzene rings is 2. The number of hydrogen-bond donors (Lipinski definition) is 1. The summed E-state index contributed by atoms with van der Waals surface area (Å²) >= 11 is 5.98. The van der Waals surface area contributed by atoms with E-state index >= 15 is 0 Å². The number of halogens is 3. The van der Waals surface area contributed by atoms with Crippen molar-refractivity contribution in [1.29, 1.82) is 0 Å². The lowest BCUT2D eigenvalue weighted by molar-refractivity contribution is -0.116. The maximum atomic E-state index is 12.4. The lowest BCUT2D eigenvalue weighted by Gasteiger charge is -2.12. The van der Waals surface area contributed by atoms with Crippen LogP contribution in [0.5, 0.6) is 5.75 Å². The summed E-state index contributed by atoms with van der Waals surface area (Å²) in [5, 5.41) is 4.10. The van der Waals surface area contributed by atoms with Crippen LogP contribution in [0.2, 0.25) is 5.02 Å². The minimum absolute atomic E-state index is 0.0207. The fourth-order valence-corrected chi connectivity index (χ4v) is 2.57. The maximum Gasteiger partial charge on any atom is 0.387 e. The van der Waals surface area contributed by atoms with Crippen LogP contribution in [0.4, 0.5) is 14.5 Å². The van der Waals surface area contributed by atoms with Crippen molar-refractivity contribution in [3.8, 4) is 5.75 Å². The molecule has 0 fully saturated rings. The topological polar surface area (TPSA) is 43.3 Å². The van der Waals surface area contributed by atoms with Gasteiger partial charge in [0.25, 0.3) is 0 Å². The Morgan fingerprint density at radius 2 is 2.00 bits per heavy atom. The van der Waals surface area contributed by atoms with Gasteiger partial charge in [0.05, 0.1) is 5.69 Å². The van der Waals surface area contributed by atoms with Crippen LogP contribution < -0.4 is 10.1 Å². The molecule has 7 heteroatoms. The van der Waals surface area contributed by atoms with Crippen LogP contribution in [0.25, 0.3) is 10.9 Å². The van der Waals surface area contributed by atoms with E-state index in [1.165, 1.54) is 12.1 Å². The Balaban J connectivity index is 1.77. The molecule has 3 aromatic rings. The minimum atomic E-state index is -2.96. The Kier molecular flexibility index (Phi) is 4.66. The van der Waals surface area contributed by atoms with Crippen molar-refractivity contribution in [3.63, 3.8) is 0 Å². The molecular weight excluding hydrogens is 338 g/mol. The standard InChI is InChI=1S/C17H13ClF2N2O2/c18-12-6-5-11-7-8-22(14(11)9-12)10-16(23)21-13-3-1-2-4-15(13)24-17(19)20/h1-9,17H,10H2,(H,21,23). The molecule has 1 aromatic heterocycles. The quantitative estimate of drug-likeness (QED) is 0.734. The van der Waals surface area contributed by atoms with Crippen LogP contribution in [0.1, 0.15) is 0 Å². The predicted octanol–water partition coefficient (Wildman–Crippen LogP) is 4.53. The van der Waals surface area contributed by atoms with E-state index in [0.717, 1.165) is 10.9 Å². The summed E-state index contributed by atoms with van der Waals surface area (Å²) in [7, 11) is 0. The molecule has 0 spiro atoms. The molecule has 1 heterocycles. The summed E-state index contributed by atoms with van der Waals surface area (Å²) in [6.45, 7) is -2.94. The first-order chi connectivity index (χ1) is 11.5. The molecule has 0 atom stereocenters. The van der Waals surface area contributed by atoms with Crippen LogP contribution in [0.3, 0.4) is 0 Å². The molecule has 0 bridgehead atoms. The fraction of sp³-hybridized carbons (Fsp3) is 0.118. The second kappa shape index (κ2) is 6.88. The number of hydrogen-bond acceptors (Lipinski definition) is 2. The zero-order chi connectivity index (χ0) is 17.1. The molecular formula is C17H13ClF2N2O2. The highest BCUT2D eigenvalue weighted by Crippen LogP contribution is 2.26. The molecule has 0 saturated heterocycles. The Labute approximate surface area is 141 Å². The van der Waals surface area contributed by atoms with Gasteiger partial charge in [-0.05, 0) is 35.7 Å². The number of carbonyl (C=O) groups is 1. The molecule has 0 aliphatic heterocycles. The summed E-state index contributed by atoms with van der Waals surface area (Å²) in [4.78, 5) is 12.2. The Morgan fingerprint density at radius 3 is 2.79 bits per heavy atom. The maximum absolute atomic E-state index is 12.4. The number of rotatable bonds is 5. The van der Waals surface area contributed by atoms with E-state index in [1.54, 1.807) is 35.0 Å². The first-order valence-electron chi connectivity index (χ1n) is 7.11. The molecule has 4 nitrogen and oxygen atoms in total. The third kappa shape index (κ3) is 3.65. The van der Waals surface area contributed by atoms with Gasteiger partial charge < -0.3 is 14.6 Å². The smallest absolute Gasteiger partial charge is 0.387 e. The minimum Gasteiger partial charge on any atom is -0.433 e. The molecule has 24 heavy (non-hydrogen) atoms. The van der Waals surface area contributed by atoms with Crippen molar-refractivity contribution in [2.75, 3.05) is 5.32 Å². The fourth-order valence-electron chi connectivity index (χ4n) is 2.41. The zero-order valence-electron chi connectivity index (χ0n) is 12.4. The van der Waals surface area contributed by atoms with Gasteiger partial charge in [-0.2, -0.15) is 8.78 Å². The molecule has 1 N–H and O–H groups in total. The Morgan fingerprint density at radius 1 is 1.21 bits per heavy atom. The number of amides is 1. The average molecular weight is 351 g/mol. The number of aromatic nitrogens is 1. The lowest BCUT2D eigenvalue weighted by atomic mass is 10.2. The Hall–Kier alpha value is -2.60. The molecule has 0 radical (unpaired) electrons. The SMILES string of the molecule is O=C(Cn1ccc2ccc(Cl)cc21)Nc1ccccc1OC(F)F. The van der Waals surface area contributed by atoms with Crippen LogP contribution in [-0.2, 0) is 11.3 Å². The van der Waals surface area contributed by atoms with E-state index in [-0.39, 0.29) is 23.9 Å². The third-order valence-electron chi connectivity index (χ3n) is 3.43. The summed E-state index contributed by atoms with van der Waals surface area (Å²) in [6.07, 6.45) is 1.77. The van der Waals surface area contributed by atoms with Gasteiger partial charge in [-0.3, -0.25) is 4.79 Å². The van der Waals surface area contributed by atoms with Gasteiger partial charge in [-0.25, -0.2) is 0 Å². The zero-order valence-corrected chi connectivity index (χ0v) is 13.1. The van der Waals surface area contributed by atoms with Crippen LogP contribution >= 0.6 is 11.6 Å². The molecule has 2 aromatic carbocycles. The van der Waals surface area contributed by atoms with Crippen LogP contribution in [0.15, 0.2) is 54.7 Å². The van der Waals surface area contributed by atoms with Gasteiger partial charge in [0.1, 0.15) is 12.3 Å². The molecule has 124 valence electrons. The number of fused-ring (bicyclic) bond motifs is 1. The number of carbonyl (C=O) groups excluding carboxylic acids is 1. The third-order valence-corrected chi connectivity index (χ3v) is 3.66. The molecule has 0 aliphatic rings. The van der Waals surface area contributed by atoms with Crippen LogP contribution in [0, 0.1) is 0 Å². The highest BCUT2D eigenvalue weighted by atomic mass is 35.5. The van der Waals surface area contributed by atoms with E-state index in [0.29, 0.717) is 5.02 Å². The second-order valence-corrected chi connectivity index (χ2v) is 5.51. The summed E-state index contributed by atoms with van der Waals surface area (Å²) in [5.41, 5.74) is 1.01. The van der Waals surface area contributed by atoms with E-state index in [1.807, 2.05) is 12.1 Å². The summed E-state index contributed by atoms with van der Waals surface area (Å²) < 4.78 is 30.9. The molecule has 0 saturated carbocycles. The molecule has 0 unspecified atom stereocenters. The van der Waals surface area contributed by atoms with Gasteiger partial charge in [0, 0.05) is 16.7 Å². The van der Waals surface area contributed by atoms with Crippen molar-refractivity contribution in [1.82, 2.24) is 4.57 Å². The second-order valence-electron chi connectivity index (χ2n) is 5.07. The first-order valence-corrected chi connectivity index (χ1v) is 7.49. The predicted molar refractivity (Wildman–Crippen MR) is 88.7 cm³/mol. The van der Waals surface area contributed by atoms with Crippen molar-refractivity contribution >= 4 is 34.1 Å². The molecule has 1 amide bonds. The van der Waals surface area contributed by atoms with Crippen molar-refractivity contribution in [3.05, 3.63) is 59.8 Å². The van der Waals surface area contributed by atoms with E-state index < -0.39 is 6.61 Å². The van der Waals surface area contributed by atoms with E-state index in [4.69, 9.17) is 11.6 Å². The number of ether oxygens (including phenoxy) is 1. The Bertz CT molecular complexity index is 880. The van der Waals surface area contributed by atoms with Crippen molar-refractivity contribution in [2.45, 2.75) is 13.2 Å². The van der Waals surface area contributed by atoms with E-state index in [9.17, 15) is 13.6 Å². The highest BCUT2D eigenvalue weighted by molar-refractivity contribution is 6.31. The molecule has 3 rings (SSSR count). The normalized spacial score (nSPS) is 11.0. The van der Waals surface area contributed by atoms with Crippen molar-refractivity contribution < 1.29 is 18.3 Å². The lowest BCUT2D eigenvalue weighted by Crippen LogP contribution is -2.19. The average Bonchev–Trinajstić information content (AvgIpc) is 2.91. The van der Waals surface area contributed by atoms with Gasteiger partial charge in [-0.15, -0.1) is 0 Å². The van der Waals surface area contributed by atoms with Crippen LogP contribution in [-0.4, -0.2) is 17.1 Å². The van der Waals surface area contributed by atoms with Gasteiger partial charge in [0.15, 0.2) is 0 Å². The first kappa shape index (κ1) is 16.3.